The van der Waals surface area contributed by atoms with Gasteiger partial charge in [-0.2, -0.15) is 5.10 Å². The van der Waals surface area contributed by atoms with Crippen molar-refractivity contribution in [1.82, 2.24) is 15.1 Å². The summed E-state index contributed by atoms with van der Waals surface area (Å²) in [5, 5.41) is 16.1. The van der Waals surface area contributed by atoms with Crippen LogP contribution in [0.15, 0.2) is 42.5 Å². The molecule has 1 aliphatic heterocycles. The van der Waals surface area contributed by atoms with Gasteiger partial charge in [0.05, 0.1) is 18.3 Å². The third kappa shape index (κ3) is 3.77. The molecule has 2 heterocycles. The highest BCUT2D eigenvalue weighted by atomic mass is 16.5. The lowest BCUT2D eigenvalue weighted by Crippen LogP contribution is -2.38. The fourth-order valence-corrected chi connectivity index (χ4v) is 2.62. The van der Waals surface area contributed by atoms with Gasteiger partial charge in [0.15, 0.2) is 11.5 Å². The molecule has 1 aromatic carbocycles. The van der Waals surface area contributed by atoms with Crippen molar-refractivity contribution < 1.29 is 19.4 Å². The van der Waals surface area contributed by atoms with E-state index in [0.717, 1.165) is 0 Å². The molecule has 130 valence electrons. The number of aliphatic hydroxyl groups is 1. The van der Waals surface area contributed by atoms with Crippen molar-refractivity contribution >= 4 is 11.7 Å². The van der Waals surface area contributed by atoms with E-state index in [0.29, 0.717) is 23.6 Å². The number of aromatic amines is 1. The minimum Gasteiger partial charge on any atom is -0.487 e. The van der Waals surface area contributed by atoms with Gasteiger partial charge in [-0.1, -0.05) is 24.3 Å². The van der Waals surface area contributed by atoms with E-state index < -0.39 is 0 Å². The number of hydrogen-bond donors (Lipinski definition) is 2. The van der Waals surface area contributed by atoms with Crippen molar-refractivity contribution in [2.75, 3.05) is 13.2 Å². The molecule has 25 heavy (non-hydrogen) atoms. The van der Waals surface area contributed by atoms with Gasteiger partial charge < -0.3 is 14.7 Å². The molecule has 0 saturated carbocycles. The second-order valence-electron chi connectivity index (χ2n) is 5.79. The molecule has 7 nitrogen and oxygen atoms in total. The zero-order valence-corrected chi connectivity index (χ0v) is 13.8. The number of rotatable bonds is 6. The molecule has 0 fully saturated rings. The molecular formula is C18H19N3O4. The minimum absolute atomic E-state index is 0.0301. The Morgan fingerprint density at radius 1 is 1.40 bits per heavy atom. The highest BCUT2D eigenvalue weighted by Crippen LogP contribution is 2.17. The first-order valence-corrected chi connectivity index (χ1v) is 7.95. The zero-order chi connectivity index (χ0) is 17.8. The van der Waals surface area contributed by atoms with Crippen LogP contribution in [0, 0.1) is 0 Å². The Balaban J connectivity index is 1.63. The van der Waals surface area contributed by atoms with E-state index in [9.17, 15) is 14.7 Å². The molecule has 1 amide bonds. The summed E-state index contributed by atoms with van der Waals surface area (Å²) in [5.74, 6) is 0.293. The standard InChI is InChI=1S/C18H19N3O4/c1-12(23)13-4-2-6-16(8-13)25-11-14-9-17(20-19-14)18(24)21-7-3-5-15(21)10-22/h2-6,8-9,15,22H,7,10-11H2,1H3,(H,19,20). The quantitative estimate of drug-likeness (QED) is 0.614. The maximum atomic E-state index is 12.4. The monoisotopic (exact) mass is 341 g/mol. The lowest BCUT2D eigenvalue weighted by atomic mass is 10.1. The number of ketones is 1. The van der Waals surface area contributed by atoms with Gasteiger partial charge in [0, 0.05) is 12.1 Å². The van der Waals surface area contributed by atoms with Gasteiger partial charge in [0.25, 0.3) is 5.91 Å². The summed E-state index contributed by atoms with van der Waals surface area (Å²) in [6, 6.07) is 8.23. The number of aromatic nitrogens is 2. The van der Waals surface area contributed by atoms with Gasteiger partial charge in [-0.15, -0.1) is 0 Å². The van der Waals surface area contributed by atoms with Crippen molar-refractivity contribution in [2.45, 2.75) is 19.6 Å². The Morgan fingerprint density at radius 2 is 2.24 bits per heavy atom. The van der Waals surface area contributed by atoms with Gasteiger partial charge >= 0.3 is 0 Å². The molecule has 0 spiro atoms. The molecule has 1 aliphatic rings. The number of nitrogens with one attached hydrogen (secondary N) is 1. The van der Waals surface area contributed by atoms with Crippen molar-refractivity contribution in [3.8, 4) is 5.75 Å². The van der Waals surface area contributed by atoms with Gasteiger partial charge in [0.2, 0.25) is 0 Å². The first-order valence-electron chi connectivity index (χ1n) is 7.95. The lowest BCUT2D eigenvalue weighted by Gasteiger charge is -2.21. The van der Waals surface area contributed by atoms with Crippen molar-refractivity contribution in [3.63, 3.8) is 0 Å². The average molecular weight is 341 g/mol. The van der Waals surface area contributed by atoms with E-state index in [1.165, 1.54) is 6.92 Å². The van der Waals surface area contributed by atoms with Crippen LogP contribution in [0.3, 0.4) is 0 Å². The highest BCUT2D eigenvalue weighted by Gasteiger charge is 2.26. The molecule has 3 rings (SSSR count). The molecule has 0 aliphatic carbocycles. The third-order valence-electron chi connectivity index (χ3n) is 3.99. The van der Waals surface area contributed by atoms with E-state index in [1.807, 2.05) is 6.08 Å². The van der Waals surface area contributed by atoms with Crippen molar-refractivity contribution in [1.29, 1.82) is 0 Å². The first kappa shape index (κ1) is 16.9. The summed E-state index contributed by atoms with van der Waals surface area (Å²) in [4.78, 5) is 25.4. The second kappa shape index (κ2) is 7.31. The molecule has 0 radical (unpaired) electrons. The molecule has 1 unspecified atom stereocenters. The van der Waals surface area contributed by atoms with Crippen LogP contribution < -0.4 is 4.74 Å². The largest absolute Gasteiger partial charge is 0.487 e. The predicted octanol–water partition coefficient (Wildman–Crippen LogP) is 1.56. The summed E-state index contributed by atoms with van der Waals surface area (Å²) >= 11 is 0. The van der Waals surface area contributed by atoms with Crippen LogP contribution in [0.25, 0.3) is 0 Å². The number of carbonyl (C=O) groups excluding carboxylic acids is 2. The number of hydrogen-bond acceptors (Lipinski definition) is 5. The summed E-state index contributed by atoms with van der Waals surface area (Å²) < 4.78 is 5.64. The van der Waals surface area contributed by atoms with E-state index in [4.69, 9.17) is 4.74 Å². The topological polar surface area (TPSA) is 95.5 Å². The first-order chi connectivity index (χ1) is 12.1. The lowest BCUT2D eigenvalue weighted by molar-refractivity contribution is 0.0694. The van der Waals surface area contributed by atoms with Crippen LogP contribution in [0.4, 0.5) is 0 Å². The molecule has 0 saturated heterocycles. The zero-order valence-electron chi connectivity index (χ0n) is 13.8. The van der Waals surface area contributed by atoms with Crippen molar-refractivity contribution in [2.24, 2.45) is 0 Å². The van der Waals surface area contributed by atoms with E-state index >= 15 is 0 Å². The van der Waals surface area contributed by atoms with Crippen LogP contribution in [0.1, 0.15) is 33.5 Å². The Hall–Kier alpha value is -2.93. The van der Waals surface area contributed by atoms with E-state index in [1.54, 1.807) is 41.3 Å². The van der Waals surface area contributed by atoms with E-state index in [2.05, 4.69) is 10.2 Å². The number of carbonyl (C=O) groups is 2. The number of ether oxygens (including phenoxy) is 1. The van der Waals surface area contributed by atoms with Crippen LogP contribution in [0.5, 0.6) is 5.75 Å². The van der Waals surface area contributed by atoms with Gasteiger partial charge in [-0.3, -0.25) is 14.7 Å². The van der Waals surface area contributed by atoms with Gasteiger partial charge in [0.1, 0.15) is 12.4 Å². The maximum absolute atomic E-state index is 12.4. The molecule has 2 aromatic rings. The fourth-order valence-electron chi connectivity index (χ4n) is 2.62. The third-order valence-corrected chi connectivity index (χ3v) is 3.99. The molecule has 1 aromatic heterocycles. The normalized spacial score (nSPS) is 16.2. The minimum atomic E-state index is -0.307. The summed E-state index contributed by atoms with van der Waals surface area (Å²) in [6.45, 7) is 2.04. The average Bonchev–Trinajstić information content (AvgIpc) is 3.28. The van der Waals surface area contributed by atoms with Crippen molar-refractivity contribution in [3.05, 3.63) is 59.4 Å². The maximum Gasteiger partial charge on any atom is 0.275 e. The predicted molar refractivity (Wildman–Crippen MR) is 90.4 cm³/mol. The number of H-pyrrole nitrogens is 1. The smallest absolute Gasteiger partial charge is 0.275 e. The molecular weight excluding hydrogens is 322 g/mol. The molecule has 7 heteroatoms. The van der Waals surface area contributed by atoms with E-state index in [-0.39, 0.29) is 36.6 Å². The van der Waals surface area contributed by atoms with Crippen LogP contribution in [-0.4, -0.2) is 51.1 Å². The Kier molecular flexibility index (Phi) is 4.95. The number of benzene rings is 1. The summed E-state index contributed by atoms with van der Waals surface area (Å²) in [5.41, 5.74) is 1.50. The molecule has 1 atom stereocenters. The van der Waals surface area contributed by atoms with Crippen LogP contribution >= 0.6 is 0 Å². The molecule has 0 bridgehead atoms. The number of amides is 1. The van der Waals surface area contributed by atoms with Gasteiger partial charge in [-0.25, -0.2) is 0 Å². The Labute approximate surface area is 144 Å². The Morgan fingerprint density at radius 3 is 3.00 bits per heavy atom. The molecule has 2 N–H and O–H groups in total. The summed E-state index contributed by atoms with van der Waals surface area (Å²) in [6.07, 6.45) is 3.65. The second-order valence-corrected chi connectivity index (χ2v) is 5.79. The van der Waals surface area contributed by atoms with Crippen LogP contribution in [-0.2, 0) is 6.61 Å². The number of nitrogens with zero attached hydrogens (tertiary/aromatic N) is 2. The summed E-state index contributed by atoms with van der Waals surface area (Å²) in [7, 11) is 0. The van der Waals surface area contributed by atoms with Gasteiger partial charge in [-0.05, 0) is 25.1 Å². The SMILES string of the molecule is CC(=O)c1cccc(OCc2cc(C(=O)N3CC=CC3CO)n[nH]2)c1. The van der Waals surface area contributed by atoms with Crippen LogP contribution in [0.2, 0.25) is 0 Å². The fraction of sp³-hybridized carbons (Fsp3) is 0.278. The number of Topliss-reactive ketones (excluding diaryl/α,β-unsaturated/α-hetero) is 1. The number of aliphatic hydroxyl groups excluding tert-OH is 1. The highest BCUT2D eigenvalue weighted by molar-refractivity contribution is 5.94. The Bertz CT molecular complexity index is 812.